The molecule has 0 radical (unpaired) electrons. The predicted octanol–water partition coefficient (Wildman–Crippen LogP) is 1.42. The standard InChI is InChI=1S/C11H16N2O/c1-13(7-9-4-5-9)11-10(8-14)3-2-6-12-11/h2-3,6,9,14H,4-5,7-8H2,1H3. The maximum absolute atomic E-state index is 9.15. The number of hydrogen-bond acceptors (Lipinski definition) is 3. The van der Waals surface area contributed by atoms with Crippen LogP contribution < -0.4 is 4.90 Å². The zero-order valence-electron chi connectivity index (χ0n) is 8.48. The highest BCUT2D eigenvalue weighted by Gasteiger charge is 2.23. The third-order valence-electron chi connectivity index (χ3n) is 2.63. The fourth-order valence-corrected chi connectivity index (χ4v) is 1.67. The van der Waals surface area contributed by atoms with Crippen molar-refractivity contribution in [2.45, 2.75) is 19.4 Å². The first-order chi connectivity index (χ1) is 6.81. The van der Waals surface area contributed by atoms with E-state index in [1.165, 1.54) is 12.8 Å². The molecule has 1 fully saturated rings. The molecule has 0 spiro atoms. The monoisotopic (exact) mass is 192 g/mol. The number of anilines is 1. The van der Waals surface area contributed by atoms with Crippen molar-refractivity contribution in [1.29, 1.82) is 0 Å². The average molecular weight is 192 g/mol. The summed E-state index contributed by atoms with van der Waals surface area (Å²) in [5.41, 5.74) is 0.913. The summed E-state index contributed by atoms with van der Waals surface area (Å²) < 4.78 is 0. The predicted molar refractivity (Wildman–Crippen MR) is 56.2 cm³/mol. The summed E-state index contributed by atoms with van der Waals surface area (Å²) in [6, 6.07) is 3.78. The van der Waals surface area contributed by atoms with Crippen LogP contribution in [0.5, 0.6) is 0 Å². The Hall–Kier alpha value is -1.09. The third kappa shape index (κ3) is 2.04. The number of aliphatic hydroxyl groups excluding tert-OH is 1. The molecule has 1 aliphatic carbocycles. The molecule has 0 bridgehead atoms. The van der Waals surface area contributed by atoms with E-state index in [0.29, 0.717) is 0 Å². The van der Waals surface area contributed by atoms with Crippen molar-refractivity contribution in [3.63, 3.8) is 0 Å². The second-order valence-corrected chi connectivity index (χ2v) is 3.97. The van der Waals surface area contributed by atoms with Crippen LogP contribution in [0.15, 0.2) is 18.3 Å². The van der Waals surface area contributed by atoms with Crippen LogP contribution in [0.4, 0.5) is 5.82 Å². The number of rotatable bonds is 4. The summed E-state index contributed by atoms with van der Waals surface area (Å²) in [6.07, 6.45) is 4.45. The summed E-state index contributed by atoms with van der Waals surface area (Å²) in [4.78, 5) is 6.44. The van der Waals surface area contributed by atoms with Gasteiger partial charge in [0.25, 0.3) is 0 Å². The number of pyridine rings is 1. The van der Waals surface area contributed by atoms with Crippen LogP contribution in [-0.4, -0.2) is 23.7 Å². The molecule has 0 amide bonds. The first kappa shape index (κ1) is 9.46. The quantitative estimate of drug-likeness (QED) is 0.783. The van der Waals surface area contributed by atoms with Crippen LogP contribution in [0.3, 0.4) is 0 Å². The van der Waals surface area contributed by atoms with E-state index in [4.69, 9.17) is 5.11 Å². The van der Waals surface area contributed by atoms with E-state index in [1.807, 2.05) is 19.2 Å². The molecule has 1 aliphatic rings. The van der Waals surface area contributed by atoms with Gasteiger partial charge in [-0.2, -0.15) is 0 Å². The maximum atomic E-state index is 9.15. The molecule has 1 aromatic heterocycles. The zero-order chi connectivity index (χ0) is 9.97. The third-order valence-corrected chi connectivity index (χ3v) is 2.63. The molecule has 76 valence electrons. The number of nitrogens with zero attached hydrogens (tertiary/aromatic N) is 2. The summed E-state index contributed by atoms with van der Waals surface area (Å²) in [6.45, 7) is 1.13. The van der Waals surface area contributed by atoms with Gasteiger partial charge in [0, 0.05) is 25.4 Å². The lowest BCUT2D eigenvalue weighted by atomic mass is 10.2. The number of hydrogen-bond donors (Lipinski definition) is 1. The fraction of sp³-hybridized carbons (Fsp3) is 0.545. The Bertz CT molecular complexity index is 310. The SMILES string of the molecule is CN(CC1CC1)c1ncccc1CO. The van der Waals surface area contributed by atoms with Crippen molar-refractivity contribution in [3.8, 4) is 0 Å². The summed E-state index contributed by atoms with van der Waals surface area (Å²) in [7, 11) is 2.04. The minimum absolute atomic E-state index is 0.0676. The molecule has 1 N–H and O–H groups in total. The first-order valence-electron chi connectivity index (χ1n) is 5.07. The molecule has 0 atom stereocenters. The van der Waals surface area contributed by atoms with E-state index in [2.05, 4.69) is 9.88 Å². The molecule has 3 heteroatoms. The first-order valence-corrected chi connectivity index (χ1v) is 5.07. The van der Waals surface area contributed by atoms with Gasteiger partial charge in [0.2, 0.25) is 0 Å². The molecule has 0 aliphatic heterocycles. The highest BCUT2D eigenvalue weighted by molar-refractivity contribution is 5.45. The van der Waals surface area contributed by atoms with Crippen LogP contribution in [0.2, 0.25) is 0 Å². The van der Waals surface area contributed by atoms with Gasteiger partial charge in [0.1, 0.15) is 5.82 Å². The molecule has 1 saturated carbocycles. The van der Waals surface area contributed by atoms with Crippen molar-refractivity contribution in [1.82, 2.24) is 4.98 Å². The van der Waals surface area contributed by atoms with Gasteiger partial charge in [0.15, 0.2) is 0 Å². The van der Waals surface area contributed by atoms with E-state index >= 15 is 0 Å². The lowest BCUT2D eigenvalue weighted by molar-refractivity contribution is 0.281. The van der Waals surface area contributed by atoms with E-state index < -0.39 is 0 Å². The van der Waals surface area contributed by atoms with Crippen LogP contribution >= 0.6 is 0 Å². The summed E-state index contributed by atoms with van der Waals surface area (Å²) in [5, 5.41) is 9.15. The minimum Gasteiger partial charge on any atom is -0.392 e. The largest absolute Gasteiger partial charge is 0.392 e. The fourth-order valence-electron chi connectivity index (χ4n) is 1.67. The van der Waals surface area contributed by atoms with Gasteiger partial charge in [-0.1, -0.05) is 6.07 Å². The number of aliphatic hydroxyl groups is 1. The second-order valence-electron chi connectivity index (χ2n) is 3.97. The molecule has 0 saturated heterocycles. The highest BCUT2D eigenvalue weighted by Crippen LogP contribution is 2.31. The summed E-state index contributed by atoms with van der Waals surface area (Å²) >= 11 is 0. The van der Waals surface area contributed by atoms with Gasteiger partial charge < -0.3 is 10.0 Å². The zero-order valence-corrected chi connectivity index (χ0v) is 8.48. The maximum Gasteiger partial charge on any atom is 0.133 e. The van der Waals surface area contributed by atoms with Crippen molar-refractivity contribution < 1.29 is 5.11 Å². The average Bonchev–Trinajstić information content (AvgIpc) is 3.01. The van der Waals surface area contributed by atoms with Crippen molar-refractivity contribution in [2.75, 3.05) is 18.5 Å². The molecule has 2 rings (SSSR count). The van der Waals surface area contributed by atoms with Crippen LogP contribution in [-0.2, 0) is 6.61 Å². The highest BCUT2D eigenvalue weighted by atomic mass is 16.3. The van der Waals surface area contributed by atoms with Gasteiger partial charge in [-0.3, -0.25) is 0 Å². The van der Waals surface area contributed by atoms with Gasteiger partial charge in [-0.15, -0.1) is 0 Å². The van der Waals surface area contributed by atoms with Crippen LogP contribution in [0, 0.1) is 5.92 Å². The normalized spacial score (nSPS) is 15.6. The molecule has 14 heavy (non-hydrogen) atoms. The Balaban J connectivity index is 2.11. The van der Waals surface area contributed by atoms with Crippen molar-refractivity contribution >= 4 is 5.82 Å². The van der Waals surface area contributed by atoms with E-state index in [0.717, 1.165) is 23.8 Å². The summed E-state index contributed by atoms with van der Waals surface area (Å²) in [5.74, 6) is 1.76. The Labute approximate surface area is 84.4 Å². The lowest BCUT2D eigenvalue weighted by Gasteiger charge is -2.19. The van der Waals surface area contributed by atoms with Gasteiger partial charge in [0.05, 0.1) is 6.61 Å². The lowest BCUT2D eigenvalue weighted by Crippen LogP contribution is -2.22. The van der Waals surface area contributed by atoms with Gasteiger partial charge in [-0.05, 0) is 24.8 Å². The molecule has 0 aromatic carbocycles. The van der Waals surface area contributed by atoms with Crippen LogP contribution in [0.1, 0.15) is 18.4 Å². The Morgan fingerprint density at radius 1 is 1.57 bits per heavy atom. The van der Waals surface area contributed by atoms with E-state index in [9.17, 15) is 0 Å². The van der Waals surface area contributed by atoms with Gasteiger partial charge in [-0.25, -0.2) is 4.98 Å². The molecular formula is C11H16N2O. The van der Waals surface area contributed by atoms with Crippen molar-refractivity contribution in [3.05, 3.63) is 23.9 Å². The molecule has 1 aromatic rings. The Morgan fingerprint density at radius 2 is 2.36 bits per heavy atom. The molecule has 0 unspecified atom stereocenters. The molecular weight excluding hydrogens is 176 g/mol. The van der Waals surface area contributed by atoms with Crippen molar-refractivity contribution in [2.24, 2.45) is 5.92 Å². The Kier molecular flexibility index (Phi) is 2.68. The topological polar surface area (TPSA) is 36.4 Å². The minimum atomic E-state index is 0.0676. The van der Waals surface area contributed by atoms with Crippen LogP contribution in [0.25, 0.3) is 0 Å². The second kappa shape index (κ2) is 3.96. The molecule has 1 heterocycles. The number of aromatic nitrogens is 1. The van der Waals surface area contributed by atoms with E-state index in [1.54, 1.807) is 6.20 Å². The Morgan fingerprint density at radius 3 is 3.00 bits per heavy atom. The smallest absolute Gasteiger partial charge is 0.133 e. The van der Waals surface area contributed by atoms with E-state index in [-0.39, 0.29) is 6.61 Å². The molecule has 3 nitrogen and oxygen atoms in total. The van der Waals surface area contributed by atoms with Gasteiger partial charge >= 0.3 is 0 Å².